The molecule has 3 rings (SSSR count). The summed E-state index contributed by atoms with van der Waals surface area (Å²) in [5.41, 5.74) is 2.00. The molecule has 2 heterocycles. The van der Waals surface area contributed by atoms with Crippen molar-refractivity contribution in [3.63, 3.8) is 0 Å². The molecule has 1 N–H and O–H groups in total. The Balaban J connectivity index is 2.16. The normalized spacial score (nSPS) is 10.7. The highest BCUT2D eigenvalue weighted by atomic mass is 35.5. The van der Waals surface area contributed by atoms with Crippen LogP contribution in [0.25, 0.3) is 10.9 Å². The van der Waals surface area contributed by atoms with Crippen LogP contribution < -0.4 is 4.74 Å². The zero-order valence-electron chi connectivity index (χ0n) is 12.5. The highest BCUT2D eigenvalue weighted by Gasteiger charge is 2.22. The second-order valence-electron chi connectivity index (χ2n) is 5.16. The summed E-state index contributed by atoms with van der Waals surface area (Å²) in [6.45, 7) is 3.17. The van der Waals surface area contributed by atoms with Crippen molar-refractivity contribution in [2.45, 2.75) is 13.8 Å². The molecule has 2 aromatic heterocycles. The van der Waals surface area contributed by atoms with Gasteiger partial charge >= 0.3 is 5.97 Å². The largest absolute Gasteiger partial charge is 0.424 e. The number of ether oxygens (including phenoxy) is 1. The lowest BCUT2D eigenvalue weighted by atomic mass is 10.1. The van der Waals surface area contributed by atoms with Crippen molar-refractivity contribution in [2.24, 2.45) is 0 Å². The van der Waals surface area contributed by atoms with Crippen LogP contribution in [0.4, 0.5) is 0 Å². The first-order chi connectivity index (χ1) is 11.0. The number of aromatic amines is 1. The molecule has 0 unspecified atom stereocenters. The highest BCUT2D eigenvalue weighted by molar-refractivity contribution is 6.31. The van der Waals surface area contributed by atoms with Gasteiger partial charge in [-0.25, -0.2) is 0 Å². The number of hydrogen-bond donors (Lipinski definition) is 1. The smallest absolute Gasteiger partial charge is 0.308 e. The van der Waals surface area contributed by atoms with Gasteiger partial charge in [-0.1, -0.05) is 17.7 Å². The Labute approximate surface area is 137 Å². The zero-order valence-corrected chi connectivity index (χ0v) is 13.3. The molecule has 0 bridgehead atoms. The van der Waals surface area contributed by atoms with Gasteiger partial charge in [0.05, 0.1) is 5.52 Å². The van der Waals surface area contributed by atoms with Crippen molar-refractivity contribution in [3.8, 4) is 5.75 Å². The molecule has 116 valence electrons. The first kappa shape index (κ1) is 15.2. The lowest BCUT2D eigenvalue weighted by Gasteiger charge is -2.04. The molecule has 0 aliphatic rings. The van der Waals surface area contributed by atoms with Crippen molar-refractivity contribution in [1.29, 1.82) is 0 Å². The molecule has 5 nitrogen and oxygen atoms in total. The molecule has 6 heteroatoms. The van der Waals surface area contributed by atoms with E-state index in [1.54, 1.807) is 36.5 Å². The summed E-state index contributed by atoms with van der Waals surface area (Å²) < 4.78 is 5.24. The average Bonchev–Trinajstić information content (AvgIpc) is 2.84. The molecule has 0 spiro atoms. The zero-order chi connectivity index (χ0) is 16.6. The van der Waals surface area contributed by atoms with Crippen LogP contribution >= 0.6 is 11.6 Å². The number of halogens is 1. The van der Waals surface area contributed by atoms with E-state index < -0.39 is 5.97 Å². The SMILES string of the molecule is CC(=O)Oc1c(C(=O)c2ccc(C)cn2)[nH]c2cc(Cl)ccc12. The van der Waals surface area contributed by atoms with Gasteiger partial charge in [0.2, 0.25) is 5.78 Å². The van der Waals surface area contributed by atoms with E-state index in [9.17, 15) is 9.59 Å². The predicted molar refractivity (Wildman–Crippen MR) is 87.0 cm³/mol. The van der Waals surface area contributed by atoms with Gasteiger partial charge in [0.25, 0.3) is 0 Å². The van der Waals surface area contributed by atoms with E-state index in [0.29, 0.717) is 15.9 Å². The molecule has 0 saturated heterocycles. The van der Waals surface area contributed by atoms with Gasteiger partial charge in [-0.15, -0.1) is 0 Å². The third-order valence-electron chi connectivity index (χ3n) is 3.33. The van der Waals surface area contributed by atoms with E-state index in [1.807, 2.05) is 6.92 Å². The third-order valence-corrected chi connectivity index (χ3v) is 3.56. The number of aromatic nitrogens is 2. The van der Waals surface area contributed by atoms with Crippen LogP contribution in [0.1, 0.15) is 28.7 Å². The van der Waals surface area contributed by atoms with Crippen LogP contribution in [-0.2, 0) is 4.79 Å². The number of hydrogen-bond acceptors (Lipinski definition) is 4. The average molecular weight is 329 g/mol. The number of benzene rings is 1. The number of carbonyl (C=O) groups excluding carboxylic acids is 2. The van der Waals surface area contributed by atoms with Crippen LogP contribution in [0.2, 0.25) is 5.02 Å². The Morgan fingerprint density at radius 2 is 2.00 bits per heavy atom. The van der Waals surface area contributed by atoms with Crippen molar-refractivity contribution in [2.75, 3.05) is 0 Å². The standard InChI is InChI=1S/C17H13ClN2O3/c1-9-3-6-13(19-8-9)16(22)15-17(23-10(2)21)12-5-4-11(18)7-14(12)20-15/h3-8,20H,1-2H3. The Kier molecular flexibility index (Phi) is 3.88. The van der Waals surface area contributed by atoms with Crippen LogP contribution in [0.5, 0.6) is 5.75 Å². The maximum atomic E-state index is 12.7. The van der Waals surface area contributed by atoms with Crippen LogP contribution in [0.15, 0.2) is 36.5 Å². The molecule has 3 aromatic rings. The summed E-state index contributed by atoms with van der Waals surface area (Å²) in [4.78, 5) is 31.2. The molecular formula is C17H13ClN2O3. The van der Waals surface area contributed by atoms with E-state index in [-0.39, 0.29) is 22.9 Å². The van der Waals surface area contributed by atoms with Gasteiger partial charge in [0.15, 0.2) is 5.75 Å². The molecule has 0 aliphatic heterocycles. The Hall–Kier alpha value is -2.66. The number of aryl methyl sites for hydroxylation is 1. The topological polar surface area (TPSA) is 72.1 Å². The van der Waals surface area contributed by atoms with E-state index in [2.05, 4.69) is 9.97 Å². The summed E-state index contributed by atoms with van der Waals surface area (Å²) in [6.07, 6.45) is 1.61. The Bertz CT molecular complexity index is 913. The van der Waals surface area contributed by atoms with E-state index in [0.717, 1.165) is 5.56 Å². The van der Waals surface area contributed by atoms with E-state index in [4.69, 9.17) is 16.3 Å². The van der Waals surface area contributed by atoms with Crippen LogP contribution in [0.3, 0.4) is 0 Å². The fourth-order valence-electron chi connectivity index (χ4n) is 2.28. The number of H-pyrrole nitrogens is 1. The summed E-state index contributed by atoms with van der Waals surface area (Å²) in [5.74, 6) is -0.670. The molecule has 1 aromatic carbocycles. The molecule has 0 atom stereocenters. The van der Waals surface area contributed by atoms with E-state index in [1.165, 1.54) is 6.92 Å². The van der Waals surface area contributed by atoms with Crippen molar-refractivity contribution in [3.05, 3.63) is 58.5 Å². The quantitative estimate of drug-likeness (QED) is 0.588. The second kappa shape index (κ2) is 5.85. The molecule has 0 amide bonds. The van der Waals surface area contributed by atoms with Gasteiger partial charge in [-0.2, -0.15) is 0 Å². The molecule has 0 radical (unpaired) electrons. The predicted octanol–water partition coefficient (Wildman–Crippen LogP) is 3.68. The maximum Gasteiger partial charge on any atom is 0.308 e. The van der Waals surface area contributed by atoms with Crippen molar-refractivity contribution < 1.29 is 14.3 Å². The molecule has 0 aliphatic carbocycles. The molecule has 0 saturated carbocycles. The number of pyridine rings is 1. The van der Waals surface area contributed by atoms with Gasteiger partial charge in [0, 0.05) is 23.5 Å². The molecular weight excluding hydrogens is 316 g/mol. The van der Waals surface area contributed by atoms with Crippen LogP contribution in [0, 0.1) is 6.92 Å². The van der Waals surface area contributed by atoms with Crippen molar-refractivity contribution in [1.82, 2.24) is 9.97 Å². The number of fused-ring (bicyclic) bond motifs is 1. The van der Waals surface area contributed by atoms with Gasteiger partial charge < -0.3 is 9.72 Å². The van der Waals surface area contributed by atoms with Gasteiger partial charge in [0.1, 0.15) is 11.4 Å². The highest BCUT2D eigenvalue weighted by Crippen LogP contribution is 2.33. The molecule has 23 heavy (non-hydrogen) atoms. The fraction of sp³-hybridized carbons (Fsp3) is 0.118. The monoisotopic (exact) mass is 328 g/mol. The minimum absolute atomic E-state index is 0.175. The maximum absolute atomic E-state index is 12.7. The second-order valence-corrected chi connectivity index (χ2v) is 5.60. The number of nitrogens with zero attached hydrogens (tertiary/aromatic N) is 1. The van der Waals surface area contributed by atoms with Gasteiger partial charge in [-0.3, -0.25) is 14.6 Å². The number of nitrogens with one attached hydrogen (secondary N) is 1. The first-order valence-electron chi connectivity index (χ1n) is 6.92. The number of ketones is 1. The number of esters is 1. The summed E-state index contributed by atoms with van der Waals surface area (Å²) in [6, 6.07) is 8.47. The number of rotatable bonds is 3. The molecule has 0 fully saturated rings. The summed E-state index contributed by atoms with van der Waals surface area (Å²) in [7, 11) is 0. The van der Waals surface area contributed by atoms with Crippen molar-refractivity contribution >= 4 is 34.3 Å². The summed E-state index contributed by atoms with van der Waals surface area (Å²) in [5, 5.41) is 1.13. The fourth-order valence-corrected chi connectivity index (χ4v) is 2.46. The van der Waals surface area contributed by atoms with Gasteiger partial charge in [-0.05, 0) is 36.8 Å². The number of carbonyl (C=O) groups is 2. The Morgan fingerprint density at radius 1 is 1.22 bits per heavy atom. The van der Waals surface area contributed by atoms with Crippen LogP contribution in [-0.4, -0.2) is 21.7 Å². The third kappa shape index (κ3) is 2.96. The first-order valence-corrected chi connectivity index (χ1v) is 7.30. The van der Waals surface area contributed by atoms with E-state index >= 15 is 0 Å². The minimum atomic E-state index is -0.508. The lowest BCUT2D eigenvalue weighted by Crippen LogP contribution is -2.09. The minimum Gasteiger partial charge on any atom is -0.424 e. The summed E-state index contributed by atoms with van der Waals surface area (Å²) >= 11 is 5.97. The Morgan fingerprint density at radius 3 is 2.65 bits per heavy atom. The lowest BCUT2D eigenvalue weighted by molar-refractivity contribution is -0.131.